The van der Waals surface area contributed by atoms with E-state index in [1.807, 2.05) is 24.3 Å². The summed E-state index contributed by atoms with van der Waals surface area (Å²) < 4.78 is 5.48. The van der Waals surface area contributed by atoms with Crippen LogP contribution >= 0.6 is 11.6 Å². The van der Waals surface area contributed by atoms with Gasteiger partial charge in [-0.05, 0) is 35.4 Å². The normalized spacial score (nSPS) is 10.4. The number of carboxylic acids is 1. The number of rotatable bonds is 4. The Bertz CT molecular complexity index is 832. The molecule has 0 aliphatic heterocycles. The Hall–Kier alpha value is -2.86. The van der Waals surface area contributed by atoms with Crippen LogP contribution in [0.15, 0.2) is 48.5 Å². The monoisotopic (exact) mass is 315 g/mol. The predicted molar refractivity (Wildman–Crippen MR) is 80.3 cm³/mol. The van der Waals surface area contributed by atoms with E-state index in [2.05, 4.69) is 15.4 Å². The van der Waals surface area contributed by atoms with Crippen molar-refractivity contribution in [1.82, 2.24) is 15.4 Å². The third kappa shape index (κ3) is 2.91. The van der Waals surface area contributed by atoms with Crippen LogP contribution in [0, 0.1) is 0 Å². The molecule has 0 aliphatic carbocycles. The Labute approximate surface area is 130 Å². The molecule has 0 fully saturated rings. The first-order chi connectivity index (χ1) is 10.6. The molecule has 1 heterocycles. The zero-order chi connectivity index (χ0) is 15.5. The lowest BCUT2D eigenvalue weighted by atomic mass is 10.1. The molecule has 3 aromatic rings. The fourth-order valence-corrected chi connectivity index (χ4v) is 2.14. The number of benzene rings is 2. The van der Waals surface area contributed by atoms with Crippen molar-refractivity contribution in [1.29, 1.82) is 0 Å². The van der Waals surface area contributed by atoms with E-state index in [4.69, 9.17) is 21.4 Å². The Kier molecular flexibility index (Phi) is 3.76. The van der Waals surface area contributed by atoms with Crippen LogP contribution in [-0.2, 0) is 0 Å². The molecule has 0 saturated heterocycles. The summed E-state index contributed by atoms with van der Waals surface area (Å²) in [5, 5.41) is 19.0. The first-order valence-electron chi connectivity index (χ1n) is 6.31. The van der Waals surface area contributed by atoms with Crippen LogP contribution in [0.1, 0.15) is 10.5 Å². The van der Waals surface area contributed by atoms with E-state index in [9.17, 15) is 4.79 Å². The van der Waals surface area contributed by atoms with Crippen molar-refractivity contribution in [3.05, 3.63) is 59.2 Å². The number of carboxylic acid groups (broad SMARTS) is 1. The zero-order valence-electron chi connectivity index (χ0n) is 11.2. The highest BCUT2D eigenvalue weighted by Gasteiger charge is 2.16. The second kappa shape index (κ2) is 5.87. The van der Waals surface area contributed by atoms with E-state index in [1.54, 1.807) is 24.3 Å². The Morgan fingerprint density at radius 2 is 1.86 bits per heavy atom. The molecule has 0 saturated carbocycles. The van der Waals surface area contributed by atoms with Gasteiger partial charge in [-0.15, -0.1) is 0 Å². The molecule has 2 N–H and O–H groups in total. The topological polar surface area (TPSA) is 88.1 Å². The molecule has 22 heavy (non-hydrogen) atoms. The van der Waals surface area contributed by atoms with Gasteiger partial charge in [0.2, 0.25) is 5.69 Å². The minimum Gasteiger partial charge on any atom is -0.476 e. The lowest BCUT2D eigenvalue weighted by Gasteiger charge is -2.06. The Morgan fingerprint density at radius 3 is 2.59 bits per heavy atom. The predicted octanol–water partition coefficient (Wildman–Crippen LogP) is 3.62. The van der Waals surface area contributed by atoms with Crippen LogP contribution in [0.2, 0.25) is 5.02 Å². The van der Waals surface area contributed by atoms with E-state index in [1.165, 1.54) is 0 Å². The molecular weight excluding hydrogens is 306 g/mol. The van der Waals surface area contributed by atoms with Crippen LogP contribution < -0.4 is 4.74 Å². The van der Waals surface area contributed by atoms with Crippen LogP contribution in [0.4, 0.5) is 0 Å². The average Bonchev–Trinajstić information content (AvgIpc) is 2.96. The van der Waals surface area contributed by atoms with Crippen LogP contribution in [-0.4, -0.2) is 26.5 Å². The largest absolute Gasteiger partial charge is 0.476 e. The molecule has 0 aliphatic rings. The van der Waals surface area contributed by atoms with Crippen molar-refractivity contribution < 1.29 is 14.6 Å². The van der Waals surface area contributed by atoms with Gasteiger partial charge in [0, 0.05) is 5.02 Å². The number of carbonyl (C=O) groups is 1. The van der Waals surface area contributed by atoms with Gasteiger partial charge in [-0.2, -0.15) is 0 Å². The van der Waals surface area contributed by atoms with E-state index >= 15 is 0 Å². The van der Waals surface area contributed by atoms with Gasteiger partial charge in [-0.3, -0.25) is 0 Å². The highest BCUT2D eigenvalue weighted by Crippen LogP contribution is 2.28. The molecule has 6 nitrogen and oxygen atoms in total. The van der Waals surface area contributed by atoms with Gasteiger partial charge in [0.05, 0.1) is 0 Å². The number of halogens is 1. The summed E-state index contributed by atoms with van der Waals surface area (Å²) in [7, 11) is 0. The number of aromatic amines is 1. The molecule has 7 heteroatoms. The number of nitrogens with one attached hydrogen (secondary N) is 1. The maximum Gasteiger partial charge on any atom is 0.359 e. The minimum absolute atomic E-state index is 0.0873. The summed E-state index contributed by atoms with van der Waals surface area (Å²) in [5.41, 5.74) is 1.62. The quantitative estimate of drug-likeness (QED) is 0.767. The van der Waals surface area contributed by atoms with Gasteiger partial charge in [0.15, 0.2) is 0 Å². The number of aromatic carboxylic acids is 1. The molecule has 2 aromatic carbocycles. The molecule has 0 amide bonds. The average molecular weight is 316 g/mol. The van der Waals surface area contributed by atoms with Crippen LogP contribution in [0.5, 0.6) is 11.6 Å². The third-order valence-electron chi connectivity index (χ3n) is 2.94. The van der Waals surface area contributed by atoms with Crippen molar-refractivity contribution in [2.24, 2.45) is 0 Å². The second-order valence-corrected chi connectivity index (χ2v) is 4.87. The third-order valence-corrected chi connectivity index (χ3v) is 3.17. The minimum atomic E-state index is -1.19. The van der Waals surface area contributed by atoms with E-state index in [0.29, 0.717) is 10.8 Å². The molecule has 1 aromatic heterocycles. The first kappa shape index (κ1) is 14.1. The summed E-state index contributed by atoms with van der Waals surface area (Å²) in [6.07, 6.45) is 0. The van der Waals surface area contributed by atoms with Gasteiger partial charge in [-0.25, -0.2) is 9.89 Å². The van der Waals surface area contributed by atoms with Crippen molar-refractivity contribution in [3.8, 4) is 22.8 Å². The summed E-state index contributed by atoms with van der Waals surface area (Å²) in [6.45, 7) is 0. The first-order valence-corrected chi connectivity index (χ1v) is 6.69. The molecule has 0 bridgehead atoms. The second-order valence-electron chi connectivity index (χ2n) is 4.44. The maximum atomic E-state index is 11.0. The Morgan fingerprint density at radius 1 is 1.14 bits per heavy atom. The van der Waals surface area contributed by atoms with E-state index in [0.717, 1.165) is 11.1 Å². The number of aromatic nitrogens is 3. The number of H-pyrrole nitrogens is 1. The number of nitrogens with zero attached hydrogens (tertiary/aromatic N) is 2. The molecule has 3 rings (SSSR count). The van der Waals surface area contributed by atoms with E-state index in [-0.39, 0.29) is 11.6 Å². The molecule has 110 valence electrons. The highest BCUT2D eigenvalue weighted by molar-refractivity contribution is 6.30. The van der Waals surface area contributed by atoms with Gasteiger partial charge >= 0.3 is 5.97 Å². The van der Waals surface area contributed by atoms with Gasteiger partial charge in [0.1, 0.15) is 5.75 Å². The number of hydrogen-bond donors (Lipinski definition) is 2. The zero-order valence-corrected chi connectivity index (χ0v) is 11.9. The fraction of sp³-hybridized carbons (Fsp3) is 0. The summed E-state index contributed by atoms with van der Waals surface area (Å²) >= 11 is 5.99. The number of hydrogen-bond acceptors (Lipinski definition) is 4. The van der Waals surface area contributed by atoms with Gasteiger partial charge < -0.3 is 9.84 Å². The number of ether oxygens (including phenoxy) is 1. The Balaban J connectivity index is 1.91. The van der Waals surface area contributed by atoms with E-state index < -0.39 is 5.97 Å². The van der Waals surface area contributed by atoms with Crippen LogP contribution in [0.3, 0.4) is 0 Å². The summed E-state index contributed by atoms with van der Waals surface area (Å²) in [4.78, 5) is 11.0. The molecule has 0 atom stereocenters. The van der Waals surface area contributed by atoms with Crippen molar-refractivity contribution in [2.45, 2.75) is 0 Å². The van der Waals surface area contributed by atoms with Gasteiger partial charge in [-0.1, -0.05) is 46.2 Å². The molecular formula is C15H10ClN3O3. The van der Waals surface area contributed by atoms with Crippen LogP contribution in [0.25, 0.3) is 11.1 Å². The summed E-state index contributed by atoms with van der Waals surface area (Å²) in [5.74, 6) is -0.824. The smallest absolute Gasteiger partial charge is 0.359 e. The fourth-order valence-electron chi connectivity index (χ4n) is 1.95. The SMILES string of the molecule is O=C(O)c1[nH]nnc1Oc1cccc(-c2cccc(Cl)c2)c1. The standard InChI is InChI=1S/C15H10ClN3O3/c16-11-5-1-3-9(7-11)10-4-2-6-12(8-10)22-14-13(15(20)21)17-19-18-14/h1-8H,(H,20,21)(H,17,18,19). The van der Waals surface area contributed by atoms with Crippen molar-refractivity contribution >= 4 is 17.6 Å². The highest BCUT2D eigenvalue weighted by atomic mass is 35.5. The lowest BCUT2D eigenvalue weighted by molar-refractivity contribution is 0.0687. The van der Waals surface area contributed by atoms with Gasteiger partial charge in [0.25, 0.3) is 5.88 Å². The molecule has 0 radical (unpaired) electrons. The van der Waals surface area contributed by atoms with Crippen molar-refractivity contribution in [3.63, 3.8) is 0 Å². The summed E-state index contributed by atoms with van der Waals surface area (Å²) in [6, 6.07) is 14.6. The maximum absolute atomic E-state index is 11.0. The molecule has 0 spiro atoms. The van der Waals surface area contributed by atoms with Crippen molar-refractivity contribution in [2.75, 3.05) is 0 Å². The lowest BCUT2D eigenvalue weighted by Crippen LogP contribution is -1.99. The molecule has 0 unspecified atom stereocenters.